The minimum absolute atomic E-state index is 0.586. The third-order valence-corrected chi connectivity index (χ3v) is 3.84. The number of carbonyl (C=O) groups is 1. The third-order valence-electron chi connectivity index (χ3n) is 3.84. The van der Waals surface area contributed by atoms with Crippen LogP contribution in [0.1, 0.15) is 46.0 Å². The van der Waals surface area contributed by atoms with Gasteiger partial charge in [0.15, 0.2) is 0 Å². The Hall–Kier alpha value is -0.570. The van der Waals surface area contributed by atoms with Gasteiger partial charge in [-0.15, -0.1) is 0 Å². The van der Waals surface area contributed by atoms with Gasteiger partial charge in [-0.1, -0.05) is 19.8 Å². The average Bonchev–Trinajstić information content (AvgIpc) is 2.70. The number of carboxylic acid groups (broad SMARTS) is 1. The number of nitrogens with zero attached hydrogens (tertiary/aromatic N) is 1. The molecule has 1 aliphatic carbocycles. The van der Waals surface area contributed by atoms with Crippen LogP contribution in [0.15, 0.2) is 0 Å². The largest absolute Gasteiger partial charge is 0.481 e. The summed E-state index contributed by atoms with van der Waals surface area (Å²) in [4.78, 5) is 13.4. The normalized spacial score (nSPS) is 21.9. The van der Waals surface area contributed by atoms with Crippen LogP contribution >= 0.6 is 0 Å². The first kappa shape index (κ1) is 12.5. The molecule has 0 radical (unpaired) electrons. The van der Waals surface area contributed by atoms with Gasteiger partial charge in [-0.05, 0) is 33.2 Å². The lowest BCUT2D eigenvalue weighted by Gasteiger charge is -2.32. The van der Waals surface area contributed by atoms with Gasteiger partial charge in [0.1, 0.15) is 0 Å². The molecule has 1 unspecified atom stereocenters. The molecule has 1 rings (SSSR count). The Bertz CT molecular complexity index is 224. The molecule has 1 atom stereocenters. The molecule has 3 nitrogen and oxygen atoms in total. The van der Waals surface area contributed by atoms with E-state index in [0.29, 0.717) is 19.0 Å². The fraction of sp³-hybridized carbons (Fsp3) is 0.917. The lowest BCUT2D eigenvalue weighted by Crippen LogP contribution is -2.42. The maximum Gasteiger partial charge on any atom is 0.310 e. The van der Waals surface area contributed by atoms with E-state index < -0.39 is 11.4 Å². The molecule has 0 saturated heterocycles. The van der Waals surface area contributed by atoms with E-state index in [1.165, 1.54) is 25.7 Å². The standard InChI is InChI=1S/C12H23NO2/c1-4-12(2,11(14)15)9-13(3)10-7-5-6-8-10/h10H,4-9H2,1-3H3,(H,14,15). The van der Waals surface area contributed by atoms with E-state index in [2.05, 4.69) is 11.9 Å². The Labute approximate surface area is 92.5 Å². The van der Waals surface area contributed by atoms with Crippen LogP contribution in [0.3, 0.4) is 0 Å². The van der Waals surface area contributed by atoms with E-state index >= 15 is 0 Å². The highest BCUT2D eigenvalue weighted by Crippen LogP contribution is 2.28. The highest BCUT2D eigenvalue weighted by molar-refractivity contribution is 5.74. The molecule has 1 fully saturated rings. The van der Waals surface area contributed by atoms with Crippen molar-refractivity contribution in [3.05, 3.63) is 0 Å². The Morgan fingerprint density at radius 2 is 2.00 bits per heavy atom. The smallest absolute Gasteiger partial charge is 0.310 e. The fourth-order valence-corrected chi connectivity index (χ4v) is 2.36. The van der Waals surface area contributed by atoms with E-state index in [1.807, 2.05) is 13.8 Å². The maximum absolute atomic E-state index is 11.2. The summed E-state index contributed by atoms with van der Waals surface area (Å²) in [6, 6.07) is 0.607. The lowest BCUT2D eigenvalue weighted by molar-refractivity contribution is -0.149. The molecule has 0 aromatic heterocycles. The predicted molar refractivity (Wildman–Crippen MR) is 60.9 cm³/mol. The van der Waals surface area contributed by atoms with Crippen LogP contribution in [0.5, 0.6) is 0 Å². The molecule has 15 heavy (non-hydrogen) atoms. The summed E-state index contributed by atoms with van der Waals surface area (Å²) in [7, 11) is 2.06. The second-order valence-electron chi connectivity index (χ2n) is 5.07. The summed E-state index contributed by atoms with van der Waals surface area (Å²) in [5.41, 5.74) is -0.586. The lowest BCUT2D eigenvalue weighted by atomic mass is 9.87. The molecule has 3 heteroatoms. The third kappa shape index (κ3) is 2.94. The molecule has 1 saturated carbocycles. The molecular formula is C12H23NO2. The van der Waals surface area contributed by atoms with Gasteiger partial charge in [0.05, 0.1) is 5.41 Å². The van der Waals surface area contributed by atoms with Crippen molar-refractivity contribution < 1.29 is 9.90 Å². The zero-order valence-corrected chi connectivity index (χ0v) is 10.1. The summed E-state index contributed by atoms with van der Waals surface area (Å²) >= 11 is 0. The Morgan fingerprint density at radius 1 is 1.47 bits per heavy atom. The molecular weight excluding hydrogens is 190 g/mol. The van der Waals surface area contributed by atoms with Crippen molar-refractivity contribution in [3.8, 4) is 0 Å². The van der Waals surface area contributed by atoms with Gasteiger partial charge in [0.2, 0.25) is 0 Å². The summed E-state index contributed by atoms with van der Waals surface area (Å²) < 4.78 is 0. The number of carboxylic acids is 1. The summed E-state index contributed by atoms with van der Waals surface area (Å²) in [5, 5.41) is 9.20. The van der Waals surface area contributed by atoms with Crippen molar-refractivity contribution in [1.29, 1.82) is 0 Å². The molecule has 0 heterocycles. The van der Waals surface area contributed by atoms with Gasteiger partial charge >= 0.3 is 5.97 Å². The van der Waals surface area contributed by atoms with E-state index in [0.717, 1.165) is 0 Å². The Kier molecular flexibility index (Phi) is 4.14. The van der Waals surface area contributed by atoms with Gasteiger partial charge in [-0.3, -0.25) is 4.79 Å². The summed E-state index contributed by atoms with van der Waals surface area (Å²) in [6.45, 7) is 4.47. The van der Waals surface area contributed by atoms with E-state index in [9.17, 15) is 9.90 Å². The zero-order chi connectivity index (χ0) is 11.5. The van der Waals surface area contributed by atoms with E-state index in [1.54, 1.807) is 0 Å². The fourth-order valence-electron chi connectivity index (χ4n) is 2.36. The van der Waals surface area contributed by atoms with Crippen molar-refractivity contribution in [1.82, 2.24) is 4.90 Å². The highest BCUT2D eigenvalue weighted by Gasteiger charge is 2.34. The molecule has 0 aromatic carbocycles. The van der Waals surface area contributed by atoms with Gasteiger partial charge in [0.25, 0.3) is 0 Å². The first-order chi connectivity index (χ1) is 6.99. The number of aliphatic carboxylic acids is 1. The van der Waals surface area contributed by atoms with E-state index in [-0.39, 0.29) is 0 Å². The van der Waals surface area contributed by atoms with Crippen molar-refractivity contribution in [3.63, 3.8) is 0 Å². The molecule has 1 N–H and O–H groups in total. The molecule has 0 aromatic rings. The van der Waals surface area contributed by atoms with Gasteiger partial charge in [-0.25, -0.2) is 0 Å². The van der Waals surface area contributed by atoms with Crippen LogP contribution in [-0.4, -0.2) is 35.6 Å². The molecule has 88 valence electrons. The molecule has 0 bridgehead atoms. The number of hydrogen-bond acceptors (Lipinski definition) is 2. The number of hydrogen-bond donors (Lipinski definition) is 1. The van der Waals surface area contributed by atoms with Crippen molar-refractivity contribution in [2.75, 3.05) is 13.6 Å². The molecule has 0 aliphatic heterocycles. The minimum Gasteiger partial charge on any atom is -0.481 e. The van der Waals surface area contributed by atoms with Crippen molar-refractivity contribution in [2.24, 2.45) is 5.41 Å². The minimum atomic E-state index is -0.671. The summed E-state index contributed by atoms with van der Waals surface area (Å²) in [5.74, 6) is -0.671. The second-order valence-corrected chi connectivity index (χ2v) is 5.07. The van der Waals surface area contributed by atoms with Crippen LogP contribution in [0.4, 0.5) is 0 Å². The first-order valence-electron chi connectivity index (χ1n) is 5.93. The van der Waals surface area contributed by atoms with Gasteiger partial charge in [0, 0.05) is 12.6 Å². The van der Waals surface area contributed by atoms with Crippen LogP contribution in [0.2, 0.25) is 0 Å². The number of rotatable bonds is 5. The molecule has 0 amide bonds. The van der Waals surface area contributed by atoms with Gasteiger partial charge in [-0.2, -0.15) is 0 Å². The van der Waals surface area contributed by atoms with Gasteiger partial charge < -0.3 is 10.0 Å². The zero-order valence-electron chi connectivity index (χ0n) is 10.1. The van der Waals surface area contributed by atoms with Crippen molar-refractivity contribution in [2.45, 2.75) is 52.0 Å². The Balaban J connectivity index is 2.54. The van der Waals surface area contributed by atoms with E-state index in [4.69, 9.17) is 0 Å². The molecule has 0 spiro atoms. The second kappa shape index (κ2) is 4.97. The topological polar surface area (TPSA) is 40.5 Å². The summed E-state index contributed by atoms with van der Waals surface area (Å²) in [6.07, 6.45) is 5.75. The van der Waals surface area contributed by atoms with Crippen molar-refractivity contribution >= 4 is 5.97 Å². The monoisotopic (exact) mass is 213 g/mol. The average molecular weight is 213 g/mol. The SMILES string of the molecule is CCC(C)(CN(C)C1CCCC1)C(=O)O. The predicted octanol–water partition coefficient (Wildman–Crippen LogP) is 2.36. The first-order valence-corrected chi connectivity index (χ1v) is 5.93. The van der Waals surface area contributed by atoms with Crippen LogP contribution < -0.4 is 0 Å². The Morgan fingerprint density at radius 3 is 2.40 bits per heavy atom. The highest BCUT2D eigenvalue weighted by atomic mass is 16.4. The van der Waals surface area contributed by atoms with Crippen LogP contribution in [0.25, 0.3) is 0 Å². The van der Waals surface area contributed by atoms with Crippen LogP contribution in [0, 0.1) is 5.41 Å². The quantitative estimate of drug-likeness (QED) is 0.762. The van der Waals surface area contributed by atoms with Crippen LogP contribution in [-0.2, 0) is 4.79 Å². The maximum atomic E-state index is 11.2. The molecule has 1 aliphatic rings.